The van der Waals surface area contributed by atoms with Crippen molar-refractivity contribution >= 4 is 23.4 Å². The molecule has 2 aromatic rings. The number of carbonyl (C=O) groups is 1. The van der Waals surface area contributed by atoms with E-state index < -0.39 is 0 Å². The molecule has 98 valence electrons. The van der Waals surface area contributed by atoms with Gasteiger partial charge in [0.25, 0.3) is 0 Å². The molecular formula is C13H13N3O2S. The van der Waals surface area contributed by atoms with Gasteiger partial charge in [-0.25, -0.2) is 0 Å². The highest BCUT2D eigenvalue weighted by Gasteiger charge is 2.19. The van der Waals surface area contributed by atoms with Crippen molar-refractivity contribution in [1.82, 2.24) is 5.16 Å². The first-order valence-corrected chi connectivity index (χ1v) is 6.90. The fourth-order valence-electron chi connectivity index (χ4n) is 2.08. The molecule has 0 bridgehead atoms. The predicted molar refractivity (Wildman–Crippen MR) is 73.9 cm³/mol. The van der Waals surface area contributed by atoms with Crippen LogP contribution in [0.1, 0.15) is 11.3 Å². The van der Waals surface area contributed by atoms with Gasteiger partial charge in [0.05, 0.1) is 17.1 Å². The number of fused-ring (bicyclic) bond motifs is 1. The zero-order valence-electron chi connectivity index (χ0n) is 10.4. The third-order valence-electron chi connectivity index (χ3n) is 3.06. The average Bonchev–Trinajstić information content (AvgIpc) is 2.79. The SMILES string of the molecule is Cc1noc(-c2ccc3c(c2)NC(=O)CS3)c1CN. The largest absolute Gasteiger partial charge is 0.356 e. The second kappa shape index (κ2) is 4.71. The van der Waals surface area contributed by atoms with E-state index in [1.165, 1.54) is 11.8 Å². The Labute approximate surface area is 114 Å². The monoisotopic (exact) mass is 275 g/mol. The molecule has 0 spiro atoms. The van der Waals surface area contributed by atoms with Crippen molar-refractivity contribution in [2.45, 2.75) is 18.4 Å². The van der Waals surface area contributed by atoms with E-state index in [9.17, 15) is 4.79 Å². The molecular weight excluding hydrogens is 262 g/mol. The number of nitrogens with one attached hydrogen (secondary N) is 1. The molecule has 1 aliphatic rings. The highest BCUT2D eigenvalue weighted by atomic mass is 32.2. The van der Waals surface area contributed by atoms with Crippen LogP contribution in [-0.4, -0.2) is 16.8 Å². The minimum Gasteiger partial charge on any atom is -0.356 e. The summed E-state index contributed by atoms with van der Waals surface area (Å²) < 4.78 is 5.34. The minimum absolute atomic E-state index is 0.0162. The van der Waals surface area contributed by atoms with Gasteiger partial charge in [0.15, 0.2) is 5.76 Å². The smallest absolute Gasteiger partial charge is 0.234 e. The molecule has 19 heavy (non-hydrogen) atoms. The first kappa shape index (κ1) is 12.3. The van der Waals surface area contributed by atoms with Crippen LogP contribution in [0.25, 0.3) is 11.3 Å². The van der Waals surface area contributed by atoms with Crippen LogP contribution in [0.15, 0.2) is 27.6 Å². The number of amides is 1. The third kappa shape index (κ3) is 2.13. The molecule has 0 fully saturated rings. The zero-order chi connectivity index (χ0) is 13.4. The number of aryl methyl sites for hydroxylation is 1. The van der Waals surface area contributed by atoms with Crippen LogP contribution in [-0.2, 0) is 11.3 Å². The summed E-state index contributed by atoms with van der Waals surface area (Å²) in [6, 6.07) is 5.84. The van der Waals surface area contributed by atoms with Crippen LogP contribution in [0, 0.1) is 6.92 Å². The van der Waals surface area contributed by atoms with Gasteiger partial charge in [-0.05, 0) is 25.1 Å². The molecule has 1 aromatic carbocycles. The van der Waals surface area contributed by atoms with Gasteiger partial charge >= 0.3 is 0 Å². The van der Waals surface area contributed by atoms with E-state index in [2.05, 4.69) is 10.5 Å². The number of nitrogens with two attached hydrogens (primary N) is 1. The Morgan fingerprint density at radius 3 is 3.16 bits per heavy atom. The van der Waals surface area contributed by atoms with E-state index in [0.29, 0.717) is 18.1 Å². The molecule has 0 saturated heterocycles. The molecule has 0 atom stereocenters. The maximum absolute atomic E-state index is 11.4. The summed E-state index contributed by atoms with van der Waals surface area (Å²) in [5, 5.41) is 6.80. The molecule has 0 radical (unpaired) electrons. The van der Waals surface area contributed by atoms with Crippen molar-refractivity contribution in [3.05, 3.63) is 29.5 Å². The highest BCUT2D eigenvalue weighted by Crippen LogP contribution is 2.36. The van der Waals surface area contributed by atoms with Crippen molar-refractivity contribution in [2.75, 3.05) is 11.1 Å². The van der Waals surface area contributed by atoms with Crippen molar-refractivity contribution in [3.63, 3.8) is 0 Å². The van der Waals surface area contributed by atoms with Crippen LogP contribution in [0.3, 0.4) is 0 Å². The Morgan fingerprint density at radius 1 is 1.53 bits per heavy atom. The van der Waals surface area contributed by atoms with Crippen molar-refractivity contribution < 1.29 is 9.32 Å². The second-order valence-electron chi connectivity index (χ2n) is 4.33. The van der Waals surface area contributed by atoms with Gasteiger partial charge in [0, 0.05) is 22.6 Å². The summed E-state index contributed by atoms with van der Waals surface area (Å²) in [4.78, 5) is 12.5. The van der Waals surface area contributed by atoms with Crippen molar-refractivity contribution in [3.8, 4) is 11.3 Å². The lowest BCUT2D eigenvalue weighted by molar-refractivity contribution is -0.113. The normalized spacial score (nSPS) is 14.1. The van der Waals surface area contributed by atoms with E-state index in [0.717, 1.165) is 27.4 Å². The highest BCUT2D eigenvalue weighted by molar-refractivity contribution is 8.00. The summed E-state index contributed by atoms with van der Waals surface area (Å²) in [5.41, 5.74) is 9.11. The molecule has 1 aromatic heterocycles. The van der Waals surface area contributed by atoms with Crippen LogP contribution >= 0.6 is 11.8 Å². The number of hydrogen-bond acceptors (Lipinski definition) is 5. The van der Waals surface area contributed by atoms with E-state index in [-0.39, 0.29) is 5.91 Å². The molecule has 5 nitrogen and oxygen atoms in total. The number of thioether (sulfide) groups is 1. The number of benzene rings is 1. The topological polar surface area (TPSA) is 81.2 Å². The molecule has 3 N–H and O–H groups in total. The van der Waals surface area contributed by atoms with Crippen LogP contribution in [0.5, 0.6) is 0 Å². The van der Waals surface area contributed by atoms with Crippen LogP contribution in [0.4, 0.5) is 5.69 Å². The molecule has 0 unspecified atom stereocenters. The maximum atomic E-state index is 11.4. The fourth-order valence-corrected chi connectivity index (χ4v) is 2.87. The molecule has 1 amide bonds. The summed E-state index contributed by atoms with van der Waals surface area (Å²) >= 11 is 1.53. The van der Waals surface area contributed by atoms with Gasteiger partial charge in [-0.1, -0.05) is 5.16 Å². The Balaban J connectivity index is 2.06. The lowest BCUT2D eigenvalue weighted by Crippen LogP contribution is -2.18. The number of carbonyl (C=O) groups excluding carboxylic acids is 1. The Kier molecular flexibility index (Phi) is 3.04. The van der Waals surface area contributed by atoms with Gasteiger partial charge in [-0.2, -0.15) is 0 Å². The summed E-state index contributed by atoms with van der Waals surface area (Å²) in [6.07, 6.45) is 0. The molecule has 2 heterocycles. The third-order valence-corrected chi connectivity index (χ3v) is 4.14. The minimum atomic E-state index is 0.0162. The number of anilines is 1. The Bertz CT molecular complexity index is 651. The van der Waals surface area contributed by atoms with E-state index in [1.54, 1.807) is 0 Å². The van der Waals surface area contributed by atoms with Gasteiger partial charge in [-0.3, -0.25) is 4.79 Å². The van der Waals surface area contributed by atoms with Gasteiger partial charge in [0.2, 0.25) is 5.91 Å². The first-order valence-electron chi connectivity index (χ1n) is 5.91. The molecule has 6 heteroatoms. The van der Waals surface area contributed by atoms with Gasteiger partial charge in [-0.15, -0.1) is 11.8 Å². The Morgan fingerprint density at radius 2 is 2.37 bits per heavy atom. The summed E-state index contributed by atoms with van der Waals surface area (Å²) in [7, 11) is 0. The predicted octanol–water partition coefficient (Wildman–Crippen LogP) is 2.15. The Hall–Kier alpha value is -1.79. The number of rotatable bonds is 2. The quantitative estimate of drug-likeness (QED) is 0.877. The fraction of sp³-hybridized carbons (Fsp3) is 0.231. The van der Waals surface area contributed by atoms with E-state index in [4.69, 9.17) is 10.3 Å². The molecule has 1 aliphatic heterocycles. The van der Waals surface area contributed by atoms with E-state index >= 15 is 0 Å². The van der Waals surface area contributed by atoms with Crippen molar-refractivity contribution in [1.29, 1.82) is 0 Å². The summed E-state index contributed by atoms with van der Waals surface area (Å²) in [5.74, 6) is 1.15. The molecule has 3 rings (SSSR count). The standard InChI is InChI=1S/C13H13N3O2S/c1-7-9(5-14)13(18-16-7)8-2-3-11-10(4-8)15-12(17)6-19-11/h2-4H,5-6,14H2,1H3,(H,15,17). The second-order valence-corrected chi connectivity index (χ2v) is 5.34. The number of hydrogen-bond donors (Lipinski definition) is 2. The van der Waals surface area contributed by atoms with Crippen molar-refractivity contribution in [2.24, 2.45) is 5.73 Å². The van der Waals surface area contributed by atoms with Gasteiger partial charge in [0.1, 0.15) is 0 Å². The lowest BCUT2D eigenvalue weighted by Gasteiger charge is -2.16. The average molecular weight is 275 g/mol. The number of aromatic nitrogens is 1. The number of nitrogens with zero attached hydrogens (tertiary/aromatic N) is 1. The summed E-state index contributed by atoms with van der Waals surface area (Å²) in [6.45, 7) is 2.24. The van der Waals surface area contributed by atoms with Crippen LogP contribution in [0.2, 0.25) is 0 Å². The van der Waals surface area contributed by atoms with E-state index in [1.807, 2.05) is 25.1 Å². The lowest BCUT2D eigenvalue weighted by atomic mass is 10.1. The van der Waals surface area contributed by atoms with Gasteiger partial charge < -0.3 is 15.6 Å². The first-order chi connectivity index (χ1) is 9.19. The maximum Gasteiger partial charge on any atom is 0.234 e. The molecule has 0 aliphatic carbocycles. The zero-order valence-corrected chi connectivity index (χ0v) is 11.2. The molecule has 0 saturated carbocycles. The van der Waals surface area contributed by atoms with Crippen LogP contribution < -0.4 is 11.1 Å².